The molecule has 1 aromatic rings. The Labute approximate surface area is 129 Å². The second kappa shape index (κ2) is 6.72. The number of hydrogen-bond donors (Lipinski definition) is 1. The second-order valence-electron chi connectivity index (χ2n) is 5.86. The molecule has 0 spiro atoms. The Morgan fingerprint density at radius 1 is 1.14 bits per heavy atom. The first-order chi connectivity index (χ1) is 10.8. The molecular weight excluding hydrogens is 282 g/mol. The molecule has 1 N–H and O–H groups in total. The Hall–Kier alpha value is -2.18. The molecule has 3 rings (SSSR count). The van der Waals surface area contributed by atoms with Crippen molar-refractivity contribution in [2.45, 2.75) is 31.7 Å². The van der Waals surface area contributed by atoms with E-state index < -0.39 is 0 Å². The second-order valence-corrected chi connectivity index (χ2v) is 5.86. The minimum Gasteiger partial charge on any atom is -0.349 e. The average Bonchev–Trinajstić information content (AvgIpc) is 3.08. The molecule has 1 aliphatic carbocycles. The van der Waals surface area contributed by atoms with Gasteiger partial charge in [-0.3, -0.25) is 9.59 Å². The Morgan fingerprint density at radius 3 is 2.36 bits per heavy atom. The molecule has 1 saturated heterocycles. The lowest BCUT2D eigenvalue weighted by atomic mass is 10.2. The van der Waals surface area contributed by atoms with Gasteiger partial charge < -0.3 is 15.1 Å². The monoisotopic (exact) mass is 303 g/mol. The molecule has 0 radical (unpaired) electrons. The lowest BCUT2D eigenvalue weighted by Gasteiger charge is -2.32. The van der Waals surface area contributed by atoms with Crippen LogP contribution in [0.1, 0.15) is 36.0 Å². The van der Waals surface area contributed by atoms with Gasteiger partial charge in [0.15, 0.2) is 0 Å². The van der Waals surface area contributed by atoms with Crippen LogP contribution in [0.25, 0.3) is 0 Å². The van der Waals surface area contributed by atoms with Crippen molar-refractivity contribution in [3.8, 4) is 0 Å². The number of amides is 2. The van der Waals surface area contributed by atoms with E-state index in [9.17, 15) is 9.59 Å². The van der Waals surface area contributed by atoms with Crippen molar-refractivity contribution in [1.29, 1.82) is 0 Å². The summed E-state index contributed by atoms with van der Waals surface area (Å²) in [6.45, 7) is 2.78. The number of carbonyl (C=O) groups is 2. The van der Waals surface area contributed by atoms with Gasteiger partial charge >= 0.3 is 0 Å². The van der Waals surface area contributed by atoms with Gasteiger partial charge in [-0.15, -0.1) is 0 Å². The molecular formula is C15H21N5O2. The normalized spacial score (nSPS) is 19.3. The number of piperazine rings is 1. The largest absolute Gasteiger partial charge is 0.349 e. The molecule has 2 amide bonds. The highest BCUT2D eigenvalue weighted by Crippen LogP contribution is 2.18. The highest BCUT2D eigenvalue weighted by atomic mass is 16.1. The summed E-state index contributed by atoms with van der Waals surface area (Å²) in [5.41, 5.74) is 0.502. The van der Waals surface area contributed by atoms with Crippen molar-refractivity contribution in [3.63, 3.8) is 0 Å². The Bertz CT molecular complexity index is 519. The number of nitrogens with zero attached hydrogens (tertiary/aromatic N) is 4. The molecule has 22 heavy (non-hydrogen) atoms. The number of aromatic nitrogens is 2. The van der Waals surface area contributed by atoms with Crippen LogP contribution < -0.4 is 10.2 Å². The van der Waals surface area contributed by atoms with Gasteiger partial charge in [0.2, 0.25) is 12.4 Å². The highest BCUT2D eigenvalue weighted by molar-refractivity contribution is 5.93. The van der Waals surface area contributed by atoms with Crippen molar-refractivity contribution in [2.24, 2.45) is 0 Å². The zero-order valence-corrected chi connectivity index (χ0v) is 12.6. The van der Waals surface area contributed by atoms with Crippen LogP contribution in [0.15, 0.2) is 12.4 Å². The molecule has 2 fully saturated rings. The van der Waals surface area contributed by atoms with Gasteiger partial charge in [-0.25, -0.2) is 9.97 Å². The van der Waals surface area contributed by atoms with Crippen LogP contribution in [-0.2, 0) is 4.79 Å². The average molecular weight is 303 g/mol. The molecule has 118 valence electrons. The van der Waals surface area contributed by atoms with E-state index >= 15 is 0 Å². The number of nitrogens with one attached hydrogen (secondary N) is 1. The highest BCUT2D eigenvalue weighted by Gasteiger charge is 2.20. The van der Waals surface area contributed by atoms with Gasteiger partial charge in [0.05, 0.1) is 5.56 Å². The maximum Gasteiger partial charge on any atom is 0.254 e. The van der Waals surface area contributed by atoms with Crippen LogP contribution in [0.3, 0.4) is 0 Å². The summed E-state index contributed by atoms with van der Waals surface area (Å²) in [5.74, 6) is 0.521. The van der Waals surface area contributed by atoms with Gasteiger partial charge in [-0.1, -0.05) is 12.8 Å². The van der Waals surface area contributed by atoms with Crippen molar-refractivity contribution in [2.75, 3.05) is 31.1 Å². The van der Waals surface area contributed by atoms with Gasteiger partial charge in [0.1, 0.15) is 0 Å². The lowest BCUT2D eigenvalue weighted by Crippen LogP contribution is -2.46. The van der Waals surface area contributed by atoms with Crippen molar-refractivity contribution >= 4 is 18.3 Å². The molecule has 1 aromatic heterocycles. The molecule has 0 aromatic carbocycles. The van der Waals surface area contributed by atoms with E-state index in [1.165, 1.54) is 12.8 Å². The van der Waals surface area contributed by atoms with Crippen molar-refractivity contribution in [3.05, 3.63) is 18.0 Å². The maximum atomic E-state index is 12.1. The van der Waals surface area contributed by atoms with Gasteiger partial charge in [0, 0.05) is 44.6 Å². The lowest BCUT2D eigenvalue weighted by molar-refractivity contribution is -0.118. The van der Waals surface area contributed by atoms with Crippen LogP contribution in [-0.4, -0.2) is 59.4 Å². The van der Waals surface area contributed by atoms with Gasteiger partial charge in [-0.2, -0.15) is 0 Å². The third-order valence-corrected chi connectivity index (χ3v) is 4.34. The molecule has 7 nitrogen and oxygen atoms in total. The van der Waals surface area contributed by atoms with Crippen LogP contribution in [0, 0.1) is 0 Å². The summed E-state index contributed by atoms with van der Waals surface area (Å²) in [4.78, 5) is 35.2. The Balaban J connectivity index is 1.57. The van der Waals surface area contributed by atoms with Crippen LogP contribution >= 0.6 is 0 Å². The third kappa shape index (κ3) is 3.35. The Morgan fingerprint density at radius 2 is 1.77 bits per heavy atom. The summed E-state index contributed by atoms with van der Waals surface area (Å²) >= 11 is 0. The first-order valence-corrected chi connectivity index (χ1v) is 7.83. The minimum atomic E-state index is -0.0933. The summed E-state index contributed by atoms with van der Waals surface area (Å²) in [5, 5.41) is 3.03. The van der Waals surface area contributed by atoms with E-state index in [-0.39, 0.29) is 5.91 Å². The van der Waals surface area contributed by atoms with Gasteiger partial charge in [-0.05, 0) is 12.8 Å². The molecule has 2 aliphatic rings. The molecule has 1 aliphatic heterocycles. The predicted octanol–water partition coefficient (Wildman–Crippen LogP) is 0.427. The van der Waals surface area contributed by atoms with Gasteiger partial charge in [0.25, 0.3) is 5.91 Å². The van der Waals surface area contributed by atoms with Crippen LogP contribution in [0.4, 0.5) is 5.95 Å². The summed E-state index contributed by atoms with van der Waals surface area (Å²) in [6, 6.07) is 0.295. The molecule has 0 atom stereocenters. The zero-order chi connectivity index (χ0) is 15.4. The predicted molar refractivity (Wildman–Crippen MR) is 81.6 cm³/mol. The fraction of sp³-hybridized carbons (Fsp3) is 0.600. The van der Waals surface area contributed by atoms with E-state index in [4.69, 9.17) is 0 Å². The molecule has 2 heterocycles. The minimum absolute atomic E-state index is 0.0933. The molecule has 7 heteroatoms. The fourth-order valence-electron chi connectivity index (χ4n) is 2.97. The number of carbonyl (C=O) groups excluding carboxylic acids is 2. The number of hydrogen-bond acceptors (Lipinski definition) is 5. The third-order valence-electron chi connectivity index (χ3n) is 4.34. The van der Waals surface area contributed by atoms with E-state index in [2.05, 4.69) is 15.3 Å². The topological polar surface area (TPSA) is 78.4 Å². The van der Waals surface area contributed by atoms with E-state index in [1.807, 2.05) is 4.90 Å². The van der Waals surface area contributed by atoms with Crippen LogP contribution in [0.2, 0.25) is 0 Å². The standard InChI is InChI=1S/C15H21N5O2/c21-11-19-5-7-20(8-6-19)15-16-9-12(10-17-15)14(22)18-13-3-1-2-4-13/h9-11,13H,1-8H2,(H,18,22). The van der Waals surface area contributed by atoms with E-state index in [0.717, 1.165) is 19.3 Å². The van der Waals surface area contributed by atoms with E-state index in [0.29, 0.717) is 43.7 Å². The molecule has 0 unspecified atom stereocenters. The summed E-state index contributed by atoms with van der Waals surface area (Å²) in [7, 11) is 0. The molecule has 1 saturated carbocycles. The zero-order valence-electron chi connectivity index (χ0n) is 12.6. The maximum absolute atomic E-state index is 12.1. The van der Waals surface area contributed by atoms with Crippen molar-refractivity contribution in [1.82, 2.24) is 20.2 Å². The number of anilines is 1. The molecule has 0 bridgehead atoms. The number of rotatable bonds is 4. The Kier molecular flexibility index (Phi) is 4.50. The summed E-state index contributed by atoms with van der Waals surface area (Å²) in [6.07, 6.45) is 8.53. The van der Waals surface area contributed by atoms with E-state index in [1.54, 1.807) is 17.3 Å². The van der Waals surface area contributed by atoms with Crippen LogP contribution in [0.5, 0.6) is 0 Å². The fourth-order valence-corrected chi connectivity index (χ4v) is 2.97. The smallest absolute Gasteiger partial charge is 0.254 e. The first-order valence-electron chi connectivity index (χ1n) is 7.83. The first kappa shape index (κ1) is 14.7. The SMILES string of the molecule is O=CN1CCN(c2ncc(C(=O)NC3CCCC3)cn2)CC1. The quantitative estimate of drug-likeness (QED) is 0.816. The van der Waals surface area contributed by atoms with Crippen molar-refractivity contribution < 1.29 is 9.59 Å². The summed E-state index contributed by atoms with van der Waals surface area (Å²) < 4.78 is 0.